The van der Waals surface area contributed by atoms with Crippen LogP contribution in [0.15, 0.2) is 18.2 Å². The summed E-state index contributed by atoms with van der Waals surface area (Å²) >= 11 is 1.25. The SMILES string of the molecule is COc1ccc(NC(=O)CSC2NC(=O)CC(CC(=O)NC3CC3)N2)c(OC)c1. The van der Waals surface area contributed by atoms with Crippen LogP contribution in [0.3, 0.4) is 0 Å². The van der Waals surface area contributed by atoms with E-state index in [1.54, 1.807) is 25.3 Å². The number of thioether (sulfide) groups is 1. The molecule has 1 aromatic carbocycles. The number of carbonyl (C=O) groups is 3. The molecule has 3 amide bonds. The summed E-state index contributed by atoms with van der Waals surface area (Å²) in [6, 6.07) is 5.16. The molecule has 1 saturated heterocycles. The van der Waals surface area contributed by atoms with Crippen molar-refractivity contribution < 1.29 is 23.9 Å². The van der Waals surface area contributed by atoms with Crippen LogP contribution < -0.4 is 30.7 Å². The third kappa shape index (κ3) is 6.53. The van der Waals surface area contributed by atoms with Gasteiger partial charge in [-0.25, -0.2) is 0 Å². The maximum absolute atomic E-state index is 12.3. The van der Waals surface area contributed by atoms with Crippen molar-refractivity contribution in [3.8, 4) is 11.5 Å². The van der Waals surface area contributed by atoms with E-state index < -0.39 is 5.50 Å². The van der Waals surface area contributed by atoms with Gasteiger partial charge in [-0.2, -0.15) is 0 Å². The van der Waals surface area contributed by atoms with Crippen LogP contribution in [0.2, 0.25) is 0 Å². The lowest BCUT2D eigenvalue weighted by molar-refractivity contribution is -0.125. The standard InChI is InChI=1S/C19H26N4O5S/c1-27-13-5-6-14(15(9-13)28-2)22-18(26)10-29-19-21-12(8-17(25)23-19)7-16(24)20-11-3-4-11/h5-6,9,11-12,19,21H,3-4,7-8,10H2,1-2H3,(H,20,24)(H,22,26)(H,23,25). The second kappa shape index (κ2) is 9.84. The second-order valence-corrected chi connectivity index (χ2v) is 8.08. The number of benzene rings is 1. The quantitative estimate of drug-likeness (QED) is 0.465. The Hall–Kier alpha value is -2.46. The van der Waals surface area contributed by atoms with Crippen LogP contribution in [0.5, 0.6) is 11.5 Å². The van der Waals surface area contributed by atoms with Crippen molar-refractivity contribution in [1.82, 2.24) is 16.0 Å². The number of rotatable bonds is 9. The highest BCUT2D eigenvalue weighted by Crippen LogP contribution is 2.29. The molecule has 2 aliphatic rings. The van der Waals surface area contributed by atoms with Gasteiger partial charge >= 0.3 is 0 Å². The topological polar surface area (TPSA) is 118 Å². The van der Waals surface area contributed by atoms with Crippen molar-refractivity contribution in [2.24, 2.45) is 0 Å². The van der Waals surface area contributed by atoms with Crippen LogP contribution in [0.25, 0.3) is 0 Å². The molecule has 3 rings (SSSR count). The molecular weight excluding hydrogens is 396 g/mol. The Bertz CT molecular complexity index is 771. The van der Waals surface area contributed by atoms with Gasteiger partial charge in [-0.15, -0.1) is 11.8 Å². The molecule has 4 N–H and O–H groups in total. The van der Waals surface area contributed by atoms with E-state index in [2.05, 4.69) is 21.3 Å². The number of methoxy groups -OCH3 is 2. The first kappa shape index (κ1) is 21.3. The van der Waals surface area contributed by atoms with Gasteiger partial charge in [-0.3, -0.25) is 19.7 Å². The minimum atomic E-state index is -0.432. The Labute approximate surface area is 173 Å². The normalized spacial score (nSPS) is 21.1. The number of nitrogens with one attached hydrogen (secondary N) is 4. The van der Waals surface area contributed by atoms with Crippen LogP contribution in [0.1, 0.15) is 25.7 Å². The molecule has 1 saturated carbocycles. The lowest BCUT2D eigenvalue weighted by atomic mass is 10.1. The van der Waals surface area contributed by atoms with E-state index in [0.717, 1.165) is 12.8 Å². The van der Waals surface area contributed by atoms with Gasteiger partial charge in [0.25, 0.3) is 0 Å². The molecule has 29 heavy (non-hydrogen) atoms. The van der Waals surface area contributed by atoms with E-state index in [0.29, 0.717) is 23.2 Å². The molecule has 2 unspecified atom stereocenters. The number of ether oxygens (including phenoxy) is 2. The Kier molecular flexibility index (Phi) is 7.21. The van der Waals surface area contributed by atoms with E-state index in [4.69, 9.17) is 9.47 Å². The van der Waals surface area contributed by atoms with Crippen LogP contribution in [-0.4, -0.2) is 55.3 Å². The minimum absolute atomic E-state index is 0.0483. The molecule has 1 aromatic rings. The summed E-state index contributed by atoms with van der Waals surface area (Å²) in [5.41, 5.74) is 0.104. The molecule has 1 aliphatic heterocycles. The number of hydrogen-bond acceptors (Lipinski definition) is 7. The number of amides is 3. The average Bonchev–Trinajstić information content (AvgIpc) is 3.50. The first-order valence-electron chi connectivity index (χ1n) is 9.45. The molecule has 0 aromatic heterocycles. The molecule has 10 heteroatoms. The minimum Gasteiger partial charge on any atom is -0.497 e. The molecule has 158 valence electrons. The lowest BCUT2D eigenvalue weighted by Crippen LogP contribution is -2.56. The fourth-order valence-corrected chi connectivity index (χ4v) is 3.84. The van der Waals surface area contributed by atoms with Gasteiger partial charge in [-0.1, -0.05) is 0 Å². The molecular formula is C19H26N4O5S. The van der Waals surface area contributed by atoms with Crippen LogP contribution in [-0.2, 0) is 14.4 Å². The zero-order chi connectivity index (χ0) is 20.8. The van der Waals surface area contributed by atoms with Gasteiger partial charge in [0.2, 0.25) is 17.7 Å². The first-order valence-corrected chi connectivity index (χ1v) is 10.5. The fraction of sp³-hybridized carbons (Fsp3) is 0.526. The van der Waals surface area contributed by atoms with Gasteiger partial charge in [0.15, 0.2) is 0 Å². The Morgan fingerprint density at radius 1 is 1.21 bits per heavy atom. The number of carbonyl (C=O) groups excluding carboxylic acids is 3. The summed E-state index contributed by atoms with van der Waals surface area (Å²) in [6.07, 6.45) is 2.54. The maximum atomic E-state index is 12.3. The third-order valence-corrected chi connectivity index (χ3v) is 5.57. The van der Waals surface area contributed by atoms with Gasteiger partial charge < -0.3 is 25.4 Å². The molecule has 1 heterocycles. The van der Waals surface area contributed by atoms with E-state index >= 15 is 0 Å². The van der Waals surface area contributed by atoms with Crippen molar-refractivity contribution in [2.45, 2.75) is 43.3 Å². The Morgan fingerprint density at radius 3 is 2.69 bits per heavy atom. The number of anilines is 1. The number of hydrogen-bond donors (Lipinski definition) is 4. The lowest BCUT2D eigenvalue weighted by Gasteiger charge is -2.30. The zero-order valence-corrected chi connectivity index (χ0v) is 17.3. The molecule has 9 nitrogen and oxygen atoms in total. The summed E-state index contributed by atoms with van der Waals surface area (Å²) in [5, 5.41) is 11.7. The van der Waals surface area contributed by atoms with Crippen molar-refractivity contribution >= 4 is 35.2 Å². The Morgan fingerprint density at radius 2 is 2.00 bits per heavy atom. The molecule has 1 aliphatic carbocycles. The van der Waals surface area contributed by atoms with Gasteiger partial charge in [0.1, 0.15) is 17.0 Å². The molecule has 0 bridgehead atoms. The maximum Gasteiger partial charge on any atom is 0.234 e. The fourth-order valence-electron chi connectivity index (χ4n) is 2.95. The monoisotopic (exact) mass is 422 g/mol. The smallest absolute Gasteiger partial charge is 0.234 e. The van der Waals surface area contributed by atoms with Crippen molar-refractivity contribution in [1.29, 1.82) is 0 Å². The summed E-state index contributed by atoms with van der Waals surface area (Å²) in [7, 11) is 3.07. The summed E-state index contributed by atoms with van der Waals surface area (Å²) in [6.45, 7) is 0. The summed E-state index contributed by atoms with van der Waals surface area (Å²) < 4.78 is 10.4. The van der Waals surface area contributed by atoms with E-state index in [1.807, 2.05) is 0 Å². The second-order valence-electron chi connectivity index (χ2n) is 6.99. The van der Waals surface area contributed by atoms with E-state index in [1.165, 1.54) is 18.9 Å². The third-order valence-electron chi connectivity index (χ3n) is 4.55. The van der Waals surface area contributed by atoms with Crippen LogP contribution >= 0.6 is 11.8 Å². The first-order chi connectivity index (χ1) is 14.0. The van der Waals surface area contributed by atoms with Gasteiger partial charge in [0, 0.05) is 31.0 Å². The molecule has 0 radical (unpaired) electrons. The Balaban J connectivity index is 1.47. The highest BCUT2D eigenvalue weighted by atomic mass is 32.2. The van der Waals surface area contributed by atoms with Crippen LogP contribution in [0.4, 0.5) is 5.69 Å². The summed E-state index contributed by atoms with van der Waals surface area (Å²) in [4.78, 5) is 36.3. The predicted molar refractivity (Wildman–Crippen MR) is 110 cm³/mol. The zero-order valence-electron chi connectivity index (χ0n) is 16.4. The van der Waals surface area contributed by atoms with Crippen LogP contribution in [0, 0.1) is 0 Å². The molecule has 2 atom stereocenters. The van der Waals surface area contributed by atoms with Gasteiger partial charge in [0.05, 0.1) is 25.7 Å². The predicted octanol–water partition coefficient (Wildman–Crippen LogP) is 0.806. The highest BCUT2D eigenvalue weighted by Gasteiger charge is 2.30. The highest BCUT2D eigenvalue weighted by molar-refractivity contribution is 8.00. The average molecular weight is 423 g/mol. The van der Waals surface area contributed by atoms with Crippen molar-refractivity contribution in [3.63, 3.8) is 0 Å². The van der Waals surface area contributed by atoms with E-state index in [-0.39, 0.29) is 42.4 Å². The van der Waals surface area contributed by atoms with Crippen molar-refractivity contribution in [2.75, 3.05) is 25.3 Å². The summed E-state index contributed by atoms with van der Waals surface area (Å²) in [5.74, 6) is 0.820. The largest absolute Gasteiger partial charge is 0.497 e. The molecule has 0 spiro atoms. The van der Waals surface area contributed by atoms with Gasteiger partial charge in [-0.05, 0) is 25.0 Å². The van der Waals surface area contributed by atoms with E-state index in [9.17, 15) is 14.4 Å². The molecule has 2 fully saturated rings. The van der Waals surface area contributed by atoms with Crippen molar-refractivity contribution in [3.05, 3.63) is 18.2 Å².